The molecule has 0 aliphatic carbocycles. The van der Waals surface area contributed by atoms with Crippen LogP contribution in [0, 0.1) is 17.0 Å². The number of fused-ring (bicyclic) bond motifs is 1. The van der Waals surface area contributed by atoms with Crippen molar-refractivity contribution >= 4 is 40.1 Å². The number of H-pyrrole nitrogens is 1. The Morgan fingerprint density at radius 3 is 2.86 bits per heavy atom. The quantitative estimate of drug-likeness (QED) is 0.448. The Kier molecular flexibility index (Phi) is 3.52. The molecule has 0 aliphatic rings. The van der Waals surface area contributed by atoms with Gasteiger partial charge in [0.05, 0.1) is 22.0 Å². The minimum Gasteiger partial charge on any atom is -0.333 e. The smallest absolute Gasteiger partial charge is 0.275 e. The Morgan fingerprint density at radius 1 is 1.29 bits per heavy atom. The Bertz CT molecular complexity index is 849. The number of rotatable bonds is 3. The Morgan fingerprint density at radius 2 is 2.10 bits per heavy atom. The maximum absolute atomic E-state index is 10.8. The van der Waals surface area contributed by atoms with E-state index in [0.29, 0.717) is 10.2 Å². The van der Waals surface area contributed by atoms with Crippen molar-refractivity contribution < 1.29 is 4.92 Å². The van der Waals surface area contributed by atoms with E-state index in [1.165, 1.54) is 23.9 Å². The van der Waals surface area contributed by atoms with Gasteiger partial charge in [0.15, 0.2) is 5.16 Å². The molecule has 3 aromatic rings. The molecule has 1 N–H and O–H groups in total. The zero-order chi connectivity index (χ0) is 15.0. The normalized spacial score (nSPS) is 11.0. The number of nitrogens with zero attached hydrogens (tertiary/aromatic N) is 3. The zero-order valence-corrected chi connectivity index (χ0v) is 12.4. The van der Waals surface area contributed by atoms with Gasteiger partial charge in [-0.25, -0.2) is 9.97 Å². The lowest BCUT2D eigenvalue weighted by molar-refractivity contribution is -0.385. The fourth-order valence-corrected chi connectivity index (χ4v) is 2.94. The Labute approximate surface area is 128 Å². The molecule has 0 saturated carbocycles. The first kappa shape index (κ1) is 13.8. The van der Waals surface area contributed by atoms with E-state index in [4.69, 9.17) is 11.6 Å². The fourth-order valence-electron chi connectivity index (χ4n) is 1.87. The largest absolute Gasteiger partial charge is 0.333 e. The number of hydrogen-bond acceptors (Lipinski definition) is 5. The number of aryl methyl sites for hydroxylation is 1. The number of nitrogens with one attached hydrogen (secondary N) is 1. The number of halogens is 1. The van der Waals surface area contributed by atoms with Crippen LogP contribution in [0.2, 0.25) is 5.15 Å². The van der Waals surface area contributed by atoms with Gasteiger partial charge in [-0.2, -0.15) is 0 Å². The van der Waals surface area contributed by atoms with E-state index < -0.39 is 4.92 Å². The second-order valence-corrected chi connectivity index (χ2v) is 5.80. The topological polar surface area (TPSA) is 84.7 Å². The van der Waals surface area contributed by atoms with Crippen molar-refractivity contribution in [3.05, 3.63) is 51.2 Å². The molecular formula is C13H9ClN4O2S. The molecule has 6 nitrogen and oxygen atoms in total. The van der Waals surface area contributed by atoms with E-state index in [9.17, 15) is 10.1 Å². The molecule has 106 valence electrons. The molecule has 0 radical (unpaired) electrons. The van der Waals surface area contributed by atoms with Gasteiger partial charge < -0.3 is 4.98 Å². The predicted molar refractivity (Wildman–Crippen MR) is 80.9 cm³/mol. The highest BCUT2D eigenvalue weighted by Gasteiger charge is 2.13. The van der Waals surface area contributed by atoms with Crippen LogP contribution >= 0.6 is 23.4 Å². The monoisotopic (exact) mass is 320 g/mol. The summed E-state index contributed by atoms with van der Waals surface area (Å²) in [5.41, 5.74) is 2.78. The van der Waals surface area contributed by atoms with Gasteiger partial charge in [-0.05, 0) is 36.4 Å². The Hall–Kier alpha value is -2.12. The van der Waals surface area contributed by atoms with Crippen molar-refractivity contribution in [1.29, 1.82) is 0 Å². The molecule has 21 heavy (non-hydrogen) atoms. The second-order valence-electron chi connectivity index (χ2n) is 4.41. The van der Waals surface area contributed by atoms with Crippen molar-refractivity contribution in [2.24, 2.45) is 0 Å². The number of imidazole rings is 1. The summed E-state index contributed by atoms with van der Waals surface area (Å²) >= 11 is 7.00. The SMILES string of the molecule is Cc1ccc2nc(Sc3cc([N+](=O)[O-])cc(Cl)n3)[nH]c2c1. The van der Waals surface area contributed by atoms with Gasteiger partial charge in [-0.3, -0.25) is 10.1 Å². The van der Waals surface area contributed by atoms with Gasteiger partial charge in [0.1, 0.15) is 10.2 Å². The summed E-state index contributed by atoms with van der Waals surface area (Å²) in [6, 6.07) is 8.46. The molecule has 0 amide bonds. The van der Waals surface area contributed by atoms with Crippen molar-refractivity contribution in [1.82, 2.24) is 15.0 Å². The van der Waals surface area contributed by atoms with Crippen molar-refractivity contribution in [2.75, 3.05) is 0 Å². The van der Waals surface area contributed by atoms with Gasteiger partial charge in [-0.1, -0.05) is 17.7 Å². The third kappa shape index (κ3) is 2.98. The minimum atomic E-state index is -0.500. The van der Waals surface area contributed by atoms with Gasteiger partial charge in [-0.15, -0.1) is 0 Å². The lowest BCUT2D eigenvalue weighted by atomic mass is 10.2. The maximum Gasteiger partial charge on any atom is 0.275 e. The van der Waals surface area contributed by atoms with Crippen LogP contribution in [0.5, 0.6) is 0 Å². The summed E-state index contributed by atoms with van der Waals surface area (Å²) < 4.78 is 0. The molecular weight excluding hydrogens is 312 g/mol. The molecule has 0 atom stereocenters. The van der Waals surface area contributed by atoms with Crippen LogP contribution in [0.4, 0.5) is 5.69 Å². The molecule has 0 spiro atoms. The van der Waals surface area contributed by atoms with E-state index in [-0.39, 0.29) is 10.8 Å². The minimum absolute atomic E-state index is 0.0821. The average molecular weight is 321 g/mol. The molecule has 0 saturated heterocycles. The van der Waals surface area contributed by atoms with Crippen LogP contribution in [-0.4, -0.2) is 19.9 Å². The van der Waals surface area contributed by atoms with E-state index >= 15 is 0 Å². The second kappa shape index (κ2) is 5.34. The molecule has 2 heterocycles. The van der Waals surface area contributed by atoms with Crippen LogP contribution in [0.25, 0.3) is 11.0 Å². The van der Waals surface area contributed by atoms with Crippen LogP contribution in [0.1, 0.15) is 5.56 Å². The van der Waals surface area contributed by atoms with Crippen LogP contribution in [0.3, 0.4) is 0 Å². The number of nitro groups is 1. The summed E-state index contributed by atoms with van der Waals surface area (Å²) in [5, 5.41) is 11.9. The first-order valence-corrected chi connectivity index (χ1v) is 7.17. The number of benzene rings is 1. The van der Waals surface area contributed by atoms with E-state index in [1.54, 1.807) is 0 Å². The first-order chi connectivity index (χ1) is 10.0. The summed E-state index contributed by atoms with van der Waals surface area (Å²) in [4.78, 5) is 21.9. The first-order valence-electron chi connectivity index (χ1n) is 5.97. The molecule has 0 bridgehead atoms. The number of aromatic nitrogens is 3. The number of pyridine rings is 1. The molecule has 0 aliphatic heterocycles. The highest BCUT2D eigenvalue weighted by molar-refractivity contribution is 7.99. The number of aromatic amines is 1. The van der Waals surface area contributed by atoms with Crippen molar-refractivity contribution in [3.63, 3.8) is 0 Å². The molecule has 0 fully saturated rings. The van der Waals surface area contributed by atoms with E-state index in [1.807, 2.05) is 25.1 Å². The lowest BCUT2D eigenvalue weighted by Crippen LogP contribution is -1.91. The van der Waals surface area contributed by atoms with Crippen LogP contribution < -0.4 is 0 Å². The van der Waals surface area contributed by atoms with Gasteiger partial charge in [0, 0.05) is 6.07 Å². The average Bonchev–Trinajstić information content (AvgIpc) is 2.79. The highest BCUT2D eigenvalue weighted by atomic mass is 35.5. The molecule has 1 aromatic carbocycles. The Balaban J connectivity index is 1.96. The summed E-state index contributed by atoms with van der Waals surface area (Å²) in [6.07, 6.45) is 0. The van der Waals surface area contributed by atoms with Crippen LogP contribution in [0.15, 0.2) is 40.5 Å². The molecule has 0 unspecified atom stereocenters. The summed E-state index contributed by atoms with van der Waals surface area (Å²) in [7, 11) is 0. The third-order valence-electron chi connectivity index (χ3n) is 2.78. The van der Waals surface area contributed by atoms with Crippen molar-refractivity contribution in [3.8, 4) is 0 Å². The van der Waals surface area contributed by atoms with Crippen LogP contribution in [-0.2, 0) is 0 Å². The summed E-state index contributed by atoms with van der Waals surface area (Å²) in [5.74, 6) is 0. The predicted octanol–water partition coefficient (Wildman–Crippen LogP) is 3.98. The van der Waals surface area contributed by atoms with Gasteiger partial charge in [0.2, 0.25) is 0 Å². The van der Waals surface area contributed by atoms with Gasteiger partial charge in [0.25, 0.3) is 5.69 Å². The number of hydrogen-bond donors (Lipinski definition) is 1. The zero-order valence-electron chi connectivity index (χ0n) is 10.8. The molecule has 2 aromatic heterocycles. The third-order valence-corrected chi connectivity index (χ3v) is 3.78. The highest BCUT2D eigenvalue weighted by Crippen LogP contribution is 2.30. The van der Waals surface area contributed by atoms with Crippen molar-refractivity contribution in [2.45, 2.75) is 17.1 Å². The maximum atomic E-state index is 10.8. The summed E-state index contributed by atoms with van der Waals surface area (Å²) in [6.45, 7) is 2.00. The standard InChI is InChI=1S/C13H9ClN4O2S/c1-7-2-3-9-10(4-7)16-13(15-9)21-12-6-8(18(19)20)5-11(14)17-12/h2-6H,1H3,(H,15,16). The van der Waals surface area contributed by atoms with E-state index in [2.05, 4.69) is 15.0 Å². The molecule has 3 rings (SSSR count). The fraction of sp³-hybridized carbons (Fsp3) is 0.0769. The lowest BCUT2D eigenvalue weighted by Gasteiger charge is -1.98. The van der Waals surface area contributed by atoms with Gasteiger partial charge >= 0.3 is 0 Å². The van der Waals surface area contributed by atoms with E-state index in [0.717, 1.165) is 16.6 Å². The molecule has 8 heteroatoms.